The molecule has 0 aliphatic rings. The Morgan fingerprint density at radius 3 is 2.63 bits per heavy atom. The molecule has 0 fully saturated rings. The smallest absolute Gasteiger partial charge is 0.0941 e. The molecule has 4 heteroatoms. The summed E-state index contributed by atoms with van der Waals surface area (Å²) >= 11 is 1.70. The lowest BCUT2D eigenvalue weighted by atomic mass is 10.1. The molecule has 0 unspecified atom stereocenters. The third-order valence-corrected chi connectivity index (χ3v) is 4.10. The van der Waals surface area contributed by atoms with E-state index in [1.54, 1.807) is 11.3 Å². The van der Waals surface area contributed by atoms with E-state index in [0.717, 1.165) is 30.1 Å². The minimum absolute atomic E-state index is 0.668. The molecule has 19 heavy (non-hydrogen) atoms. The molecule has 2 N–H and O–H groups in total. The largest absolute Gasteiger partial charge is 0.369 e. The number of aryl methyl sites for hydroxylation is 1. The second-order valence-electron chi connectivity index (χ2n) is 4.65. The molecular formula is C15H21N3S. The number of benzene rings is 1. The highest BCUT2D eigenvalue weighted by molar-refractivity contribution is 7.09. The maximum atomic E-state index is 5.55. The third kappa shape index (κ3) is 3.78. The average Bonchev–Trinajstić information content (AvgIpc) is 2.86. The number of nitrogens with two attached hydrogens (primary N) is 1. The van der Waals surface area contributed by atoms with E-state index in [-0.39, 0.29) is 0 Å². The molecule has 1 aromatic carbocycles. The summed E-state index contributed by atoms with van der Waals surface area (Å²) in [6.07, 6.45) is 1.96. The van der Waals surface area contributed by atoms with Crippen LogP contribution in [-0.2, 0) is 19.4 Å². The van der Waals surface area contributed by atoms with Crippen LogP contribution in [0.3, 0.4) is 0 Å². The normalized spacial score (nSPS) is 10.7. The van der Waals surface area contributed by atoms with Gasteiger partial charge in [-0.3, -0.25) is 0 Å². The Morgan fingerprint density at radius 1 is 1.26 bits per heavy atom. The topological polar surface area (TPSA) is 42.1 Å². The van der Waals surface area contributed by atoms with Gasteiger partial charge in [-0.15, -0.1) is 11.3 Å². The van der Waals surface area contributed by atoms with Crippen molar-refractivity contribution in [2.24, 2.45) is 5.73 Å². The lowest BCUT2D eigenvalue weighted by Crippen LogP contribution is -2.16. The van der Waals surface area contributed by atoms with Gasteiger partial charge in [0, 0.05) is 24.5 Å². The lowest BCUT2D eigenvalue weighted by molar-refractivity contribution is 0.871. The van der Waals surface area contributed by atoms with E-state index in [9.17, 15) is 0 Å². The Bertz CT molecular complexity index is 504. The lowest BCUT2D eigenvalue weighted by Gasteiger charge is -2.18. The van der Waals surface area contributed by atoms with Gasteiger partial charge in [-0.1, -0.05) is 19.1 Å². The molecule has 0 saturated heterocycles. The van der Waals surface area contributed by atoms with Gasteiger partial charge in [0.25, 0.3) is 0 Å². The van der Waals surface area contributed by atoms with Crippen molar-refractivity contribution in [2.45, 2.75) is 26.3 Å². The number of thiazole rings is 1. The SMILES string of the molecule is CCc1ccc(N(C)Cc2csc(CCN)n2)cc1. The fourth-order valence-corrected chi connectivity index (χ4v) is 2.79. The highest BCUT2D eigenvalue weighted by atomic mass is 32.1. The van der Waals surface area contributed by atoms with Gasteiger partial charge >= 0.3 is 0 Å². The van der Waals surface area contributed by atoms with Crippen LogP contribution in [0.2, 0.25) is 0 Å². The standard InChI is InChI=1S/C15H21N3S/c1-3-12-4-6-14(7-5-12)18(2)10-13-11-19-15(17-13)8-9-16/h4-7,11H,3,8-10,16H2,1-2H3. The van der Waals surface area contributed by atoms with Crippen LogP contribution in [0.4, 0.5) is 5.69 Å². The first kappa shape index (κ1) is 14.0. The molecule has 3 nitrogen and oxygen atoms in total. The molecule has 2 aromatic rings. The number of hydrogen-bond acceptors (Lipinski definition) is 4. The fraction of sp³-hybridized carbons (Fsp3) is 0.400. The Hall–Kier alpha value is -1.39. The van der Waals surface area contributed by atoms with Crippen LogP contribution in [0.1, 0.15) is 23.2 Å². The zero-order valence-electron chi connectivity index (χ0n) is 11.6. The zero-order chi connectivity index (χ0) is 13.7. The molecule has 0 saturated carbocycles. The van der Waals surface area contributed by atoms with E-state index >= 15 is 0 Å². The van der Waals surface area contributed by atoms with Gasteiger partial charge in [-0.25, -0.2) is 4.98 Å². The summed E-state index contributed by atoms with van der Waals surface area (Å²) in [4.78, 5) is 6.82. The van der Waals surface area contributed by atoms with Crippen molar-refractivity contribution in [1.82, 2.24) is 4.98 Å². The molecule has 1 aromatic heterocycles. The minimum atomic E-state index is 0.668. The molecule has 1 heterocycles. The highest BCUT2D eigenvalue weighted by Gasteiger charge is 2.06. The van der Waals surface area contributed by atoms with E-state index in [1.807, 2.05) is 0 Å². The first-order valence-electron chi connectivity index (χ1n) is 6.66. The van der Waals surface area contributed by atoms with E-state index in [0.29, 0.717) is 6.54 Å². The molecule has 0 aliphatic heterocycles. The van der Waals surface area contributed by atoms with Crippen molar-refractivity contribution in [3.63, 3.8) is 0 Å². The number of aromatic nitrogens is 1. The van der Waals surface area contributed by atoms with Gasteiger partial charge in [0.05, 0.1) is 17.2 Å². The van der Waals surface area contributed by atoms with E-state index in [4.69, 9.17) is 5.73 Å². The highest BCUT2D eigenvalue weighted by Crippen LogP contribution is 2.18. The fourth-order valence-electron chi connectivity index (χ4n) is 1.98. The molecule has 0 aliphatic carbocycles. The summed E-state index contributed by atoms with van der Waals surface area (Å²) in [6, 6.07) is 8.72. The van der Waals surface area contributed by atoms with Crippen molar-refractivity contribution >= 4 is 17.0 Å². The summed E-state index contributed by atoms with van der Waals surface area (Å²) < 4.78 is 0. The summed E-state index contributed by atoms with van der Waals surface area (Å²) in [5, 5.41) is 3.26. The first-order valence-corrected chi connectivity index (χ1v) is 7.54. The van der Waals surface area contributed by atoms with Crippen LogP contribution in [0.5, 0.6) is 0 Å². The molecule has 2 rings (SSSR count). The molecule has 0 radical (unpaired) electrons. The maximum Gasteiger partial charge on any atom is 0.0941 e. The average molecular weight is 275 g/mol. The Morgan fingerprint density at radius 2 is 2.00 bits per heavy atom. The summed E-state index contributed by atoms with van der Waals surface area (Å²) in [6.45, 7) is 3.68. The summed E-state index contributed by atoms with van der Waals surface area (Å²) in [5.41, 5.74) is 9.27. The van der Waals surface area contributed by atoms with Crippen LogP contribution in [0, 0.1) is 0 Å². The maximum absolute atomic E-state index is 5.55. The quantitative estimate of drug-likeness (QED) is 0.881. The first-order chi connectivity index (χ1) is 9.22. The molecular weight excluding hydrogens is 254 g/mol. The van der Waals surface area contributed by atoms with Gasteiger partial charge in [0.15, 0.2) is 0 Å². The van der Waals surface area contributed by atoms with Crippen LogP contribution >= 0.6 is 11.3 Å². The minimum Gasteiger partial charge on any atom is -0.369 e. The van der Waals surface area contributed by atoms with Gasteiger partial charge < -0.3 is 10.6 Å². The van der Waals surface area contributed by atoms with Crippen molar-refractivity contribution in [3.8, 4) is 0 Å². The van der Waals surface area contributed by atoms with Crippen LogP contribution in [0.25, 0.3) is 0 Å². The summed E-state index contributed by atoms with van der Waals surface area (Å²) in [5.74, 6) is 0. The van der Waals surface area contributed by atoms with Gasteiger partial charge in [0.2, 0.25) is 0 Å². The van der Waals surface area contributed by atoms with Crippen LogP contribution < -0.4 is 10.6 Å². The second-order valence-corrected chi connectivity index (χ2v) is 5.59. The Kier molecular flexibility index (Phi) is 4.93. The van der Waals surface area contributed by atoms with Gasteiger partial charge in [-0.05, 0) is 30.7 Å². The monoisotopic (exact) mass is 275 g/mol. The predicted octanol–water partition coefficient (Wildman–Crippen LogP) is 2.84. The Balaban J connectivity index is 2.00. The number of anilines is 1. The zero-order valence-corrected chi connectivity index (χ0v) is 12.4. The third-order valence-electron chi connectivity index (χ3n) is 3.14. The number of nitrogens with zero attached hydrogens (tertiary/aromatic N) is 2. The summed E-state index contributed by atoms with van der Waals surface area (Å²) in [7, 11) is 2.10. The molecule has 0 spiro atoms. The second kappa shape index (κ2) is 6.68. The van der Waals surface area contributed by atoms with Gasteiger partial charge in [-0.2, -0.15) is 0 Å². The van der Waals surface area contributed by atoms with E-state index in [1.165, 1.54) is 11.3 Å². The van der Waals surface area contributed by atoms with Crippen molar-refractivity contribution in [3.05, 3.63) is 45.9 Å². The molecule has 0 bridgehead atoms. The number of rotatable bonds is 6. The van der Waals surface area contributed by atoms with Crippen LogP contribution in [-0.4, -0.2) is 18.6 Å². The molecule has 102 valence electrons. The number of hydrogen-bond donors (Lipinski definition) is 1. The van der Waals surface area contributed by atoms with E-state index < -0.39 is 0 Å². The van der Waals surface area contributed by atoms with E-state index in [2.05, 4.69) is 53.5 Å². The predicted molar refractivity (Wildman–Crippen MR) is 82.8 cm³/mol. The van der Waals surface area contributed by atoms with Crippen molar-refractivity contribution in [2.75, 3.05) is 18.5 Å². The Labute approximate surface area is 119 Å². The van der Waals surface area contributed by atoms with Crippen LogP contribution in [0.15, 0.2) is 29.6 Å². The van der Waals surface area contributed by atoms with Crippen molar-refractivity contribution in [1.29, 1.82) is 0 Å². The molecule has 0 amide bonds. The molecule has 0 atom stereocenters. The van der Waals surface area contributed by atoms with Gasteiger partial charge in [0.1, 0.15) is 0 Å². The van der Waals surface area contributed by atoms with Crippen molar-refractivity contribution < 1.29 is 0 Å².